The minimum absolute atomic E-state index is 0.0149. The molecule has 3 heterocycles. The number of rotatable bonds is 8. The Labute approximate surface area is 232 Å². The lowest BCUT2D eigenvalue weighted by molar-refractivity contribution is -0.184. The van der Waals surface area contributed by atoms with Crippen LogP contribution in [0.3, 0.4) is 0 Å². The summed E-state index contributed by atoms with van der Waals surface area (Å²) in [5.74, 6) is -3.58. The van der Waals surface area contributed by atoms with Gasteiger partial charge in [0, 0.05) is 48.5 Å². The number of amides is 1. The normalized spacial score (nSPS) is 17.7. The van der Waals surface area contributed by atoms with E-state index in [-0.39, 0.29) is 55.3 Å². The third kappa shape index (κ3) is 5.73. The molecule has 12 heteroatoms. The number of anilines is 1. The number of carboxylic acids is 1. The highest BCUT2D eigenvalue weighted by Gasteiger charge is 2.43. The number of aromatic nitrogens is 3. The largest absolute Gasteiger partial charge is 0.477 e. The molecule has 1 aromatic carbocycles. The molecule has 0 spiro atoms. The Morgan fingerprint density at radius 2 is 1.82 bits per heavy atom. The van der Waals surface area contributed by atoms with Gasteiger partial charge < -0.3 is 14.7 Å². The molecule has 0 aliphatic heterocycles. The first kappa shape index (κ1) is 27.8. The monoisotopic (exact) mass is 572 g/mol. The predicted octanol–water partition coefficient (Wildman–Crippen LogP) is 6.17. The molecule has 1 amide bonds. The lowest BCUT2D eigenvalue weighted by Crippen LogP contribution is -2.41. The van der Waals surface area contributed by atoms with Gasteiger partial charge in [0.25, 0.3) is 0 Å². The van der Waals surface area contributed by atoms with E-state index < -0.39 is 24.0 Å². The third-order valence-corrected chi connectivity index (χ3v) is 8.38. The van der Waals surface area contributed by atoms with Crippen LogP contribution < -0.4 is 4.90 Å². The van der Waals surface area contributed by atoms with Gasteiger partial charge in [0.15, 0.2) is 5.65 Å². The van der Waals surface area contributed by atoms with Crippen molar-refractivity contribution < 1.29 is 32.6 Å². The molecule has 1 aliphatic carbocycles. The van der Waals surface area contributed by atoms with Crippen LogP contribution in [0, 0.1) is 11.8 Å². The van der Waals surface area contributed by atoms with Crippen molar-refractivity contribution in [2.75, 3.05) is 25.2 Å². The summed E-state index contributed by atoms with van der Waals surface area (Å²) in [5, 5.41) is 14.5. The maximum atomic E-state index is 13.5. The smallest absolute Gasteiger partial charge is 0.391 e. The van der Waals surface area contributed by atoms with E-state index in [0.717, 1.165) is 28.2 Å². The van der Waals surface area contributed by atoms with Gasteiger partial charge in [-0.25, -0.2) is 14.3 Å². The number of methoxy groups -OCH3 is 1. The number of hydrogen-bond acceptors (Lipinski definition) is 6. The van der Waals surface area contributed by atoms with Crippen molar-refractivity contribution in [3.05, 3.63) is 59.7 Å². The van der Waals surface area contributed by atoms with Gasteiger partial charge in [0.05, 0.1) is 23.9 Å². The van der Waals surface area contributed by atoms with Gasteiger partial charge in [0.1, 0.15) is 4.88 Å². The highest BCUT2D eigenvalue weighted by molar-refractivity contribution is 7.18. The number of hydrogen-bond donors (Lipinski definition) is 1. The number of carbonyl (C=O) groups excluding carboxylic acids is 1. The Balaban J connectivity index is 1.41. The molecule has 0 unspecified atom stereocenters. The van der Waals surface area contributed by atoms with E-state index in [9.17, 15) is 27.9 Å². The number of thiophene rings is 1. The average molecular weight is 573 g/mol. The molecule has 1 fully saturated rings. The van der Waals surface area contributed by atoms with Gasteiger partial charge in [-0.05, 0) is 43.4 Å². The number of halogens is 3. The molecule has 0 saturated heterocycles. The van der Waals surface area contributed by atoms with Gasteiger partial charge in [-0.15, -0.1) is 11.3 Å². The number of fused-ring (bicyclic) bond motifs is 1. The van der Waals surface area contributed by atoms with Crippen molar-refractivity contribution in [1.29, 1.82) is 0 Å². The van der Waals surface area contributed by atoms with E-state index in [4.69, 9.17) is 4.74 Å². The first-order valence-electron chi connectivity index (χ1n) is 12.8. The first-order valence-corrected chi connectivity index (χ1v) is 13.6. The molecule has 4 aromatic rings. The number of carboxylic acid groups (broad SMARTS) is 1. The zero-order valence-corrected chi connectivity index (χ0v) is 22.4. The van der Waals surface area contributed by atoms with Crippen LogP contribution in [0.5, 0.6) is 0 Å². The van der Waals surface area contributed by atoms with Crippen molar-refractivity contribution in [3.8, 4) is 21.7 Å². The van der Waals surface area contributed by atoms with Crippen LogP contribution in [0.2, 0.25) is 0 Å². The fraction of sp³-hybridized carbons (Fsp3) is 0.357. The fourth-order valence-electron chi connectivity index (χ4n) is 5.07. The quantitative estimate of drug-likeness (QED) is 0.271. The zero-order valence-electron chi connectivity index (χ0n) is 21.6. The molecule has 0 bridgehead atoms. The number of ether oxygens (including phenoxy) is 1. The van der Waals surface area contributed by atoms with Crippen LogP contribution in [-0.2, 0) is 9.53 Å². The van der Waals surface area contributed by atoms with Gasteiger partial charge >= 0.3 is 12.1 Å². The molecule has 1 saturated carbocycles. The summed E-state index contributed by atoms with van der Waals surface area (Å²) >= 11 is 1.04. The minimum Gasteiger partial charge on any atom is -0.477 e. The Bertz CT molecular complexity index is 1480. The molecule has 1 N–H and O–H groups in total. The van der Waals surface area contributed by atoms with Gasteiger partial charge in [-0.2, -0.15) is 18.3 Å². The Morgan fingerprint density at radius 3 is 2.45 bits per heavy atom. The Hall–Kier alpha value is -3.77. The molecule has 210 valence electrons. The standard InChI is InChI=1S/C28H27F3N4O4S/c1-39-14-13-34(26(36)19-7-9-20(10-8-19)28(29,30)31)22-16-23(40-25(22)27(37)38)18-5-3-17(4-6-18)21-15-24-32-11-2-12-35(24)33-21/h2-6,11-12,15-16,19-20H,7-10,13-14H2,1H3,(H,37,38)/t19-,20-. The van der Waals surface area contributed by atoms with Crippen LogP contribution in [0.1, 0.15) is 35.4 Å². The zero-order chi connectivity index (χ0) is 28.4. The molecule has 5 rings (SSSR count). The molecule has 1 aliphatic rings. The van der Waals surface area contributed by atoms with Crippen molar-refractivity contribution in [1.82, 2.24) is 14.6 Å². The summed E-state index contributed by atoms with van der Waals surface area (Å²) in [4.78, 5) is 32.0. The van der Waals surface area contributed by atoms with Gasteiger partial charge in [-0.1, -0.05) is 24.3 Å². The average Bonchev–Trinajstić information content (AvgIpc) is 3.58. The Kier molecular flexibility index (Phi) is 7.90. The molecule has 40 heavy (non-hydrogen) atoms. The SMILES string of the molecule is COCCN(c1cc(-c2ccc(-c3cc4ncccn4n3)cc2)sc1C(=O)O)C(=O)[C@H]1CC[C@H](C(F)(F)F)CC1. The summed E-state index contributed by atoms with van der Waals surface area (Å²) in [7, 11) is 1.47. The second kappa shape index (κ2) is 11.4. The van der Waals surface area contributed by atoms with Crippen LogP contribution in [0.25, 0.3) is 27.3 Å². The van der Waals surface area contributed by atoms with E-state index in [0.29, 0.717) is 10.5 Å². The number of carbonyl (C=O) groups is 2. The van der Waals surface area contributed by atoms with Gasteiger partial charge in [0.2, 0.25) is 5.91 Å². The van der Waals surface area contributed by atoms with Gasteiger partial charge in [-0.3, -0.25) is 4.79 Å². The van der Waals surface area contributed by atoms with Crippen LogP contribution in [-0.4, -0.2) is 58.0 Å². The molecular weight excluding hydrogens is 545 g/mol. The third-order valence-electron chi connectivity index (χ3n) is 7.22. The Morgan fingerprint density at radius 1 is 1.12 bits per heavy atom. The maximum Gasteiger partial charge on any atom is 0.391 e. The number of alkyl halides is 3. The van der Waals surface area contributed by atoms with Crippen molar-refractivity contribution >= 4 is 34.5 Å². The molecule has 0 radical (unpaired) electrons. The fourth-order valence-corrected chi connectivity index (χ4v) is 6.08. The highest BCUT2D eigenvalue weighted by atomic mass is 32.1. The van der Waals surface area contributed by atoms with Crippen molar-refractivity contribution in [2.24, 2.45) is 11.8 Å². The molecular formula is C28H27F3N4O4S. The highest BCUT2D eigenvalue weighted by Crippen LogP contribution is 2.42. The van der Waals surface area contributed by atoms with Crippen LogP contribution >= 0.6 is 11.3 Å². The summed E-state index contributed by atoms with van der Waals surface area (Å²) < 4.78 is 46.3. The minimum atomic E-state index is -4.28. The predicted molar refractivity (Wildman–Crippen MR) is 144 cm³/mol. The maximum absolute atomic E-state index is 13.5. The molecule has 0 atom stereocenters. The second-order valence-electron chi connectivity index (χ2n) is 9.73. The number of aromatic carboxylic acids is 1. The van der Waals surface area contributed by atoms with E-state index in [2.05, 4.69) is 10.1 Å². The van der Waals surface area contributed by atoms with E-state index in [1.807, 2.05) is 30.3 Å². The van der Waals surface area contributed by atoms with Crippen molar-refractivity contribution in [2.45, 2.75) is 31.9 Å². The number of benzene rings is 1. The first-order chi connectivity index (χ1) is 19.2. The summed E-state index contributed by atoms with van der Waals surface area (Å²) in [6, 6.07) is 12.8. The van der Waals surface area contributed by atoms with Crippen LogP contribution in [0.15, 0.2) is 54.9 Å². The summed E-state index contributed by atoms with van der Waals surface area (Å²) in [6.07, 6.45) is -0.815. The lowest BCUT2D eigenvalue weighted by Gasteiger charge is -2.32. The topological polar surface area (TPSA) is 97.0 Å². The summed E-state index contributed by atoms with van der Waals surface area (Å²) in [5.41, 5.74) is 3.29. The number of nitrogens with zero attached hydrogens (tertiary/aromatic N) is 4. The molecule has 3 aromatic heterocycles. The summed E-state index contributed by atoms with van der Waals surface area (Å²) in [6.45, 7) is 0.238. The van der Waals surface area contributed by atoms with E-state index >= 15 is 0 Å². The lowest BCUT2D eigenvalue weighted by atomic mass is 9.81. The second-order valence-corrected chi connectivity index (χ2v) is 10.8. The van der Waals surface area contributed by atoms with E-state index in [1.165, 1.54) is 12.0 Å². The van der Waals surface area contributed by atoms with Crippen molar-refractivity contribution in [3.63, 3.8) is 0 Å². The molecule has 8 nitrogen and oxygen atoms in total. The van der Waals surface area contributed by atoms with E-state index in [1.54, 1.807) is 29.0 Å². The van der Waals surface area contributed by atoms with Crippen LogP contribution in [0.4, 0.5) is 18.9 Å².